The van der Waals surface area contributed by atoms with Gasteiger partial charge < -0.3 is 0 Å². The minimum absolute atomic E-state index is 0.108. The van der Waals surface area contributed by atoms with Crippen LogP contribution in [0.15, 0.2) is 0 Å². The van der Waals surface area contributed by atoms with Gasteiger partial charge in [0.2, 0.25) is 0 Å². The zero-order valence-corrected chi connectivity index (χ0v) is 5.93. The third-order valence-corrected chi connectivity index (χ3v) is 1.95. The second kappa shape index (κ2) is 2.58. The van der Waals surface area contributed by atoms with Gasteiger partial charge in [-0.05, 0) is 0 Å². The lowest BCUT2D eigenvalue weighted by Gasteiger charge is -2.16. The Kier molecular flexibility index (Phi) is 1.94. The van der Waals surface area contributed by atoms with Crippen LogP contribution in [0, 0.1) is 12.3 Å². The van der Waals surface area contributed by atoms with E-state index in [9.17, 15) is 8.42 Å². The molecule has 0 bridgehead atoms. The fourth-order valence-electron chi connectivity index (χ4n) is 0.586. The summed E-state index contributed by atoms with van der Waals surface area (Å²) in [5.74, 6) is 2.18. The maximum Gasteiger partial charge on any atom is 0.401 e. The Balaban J connectivity index is 2.67. The molecule has 1 aliphatic rings. The summed E-state index contributed by atoms with van der Waals surface area (Å²) < 4.78 is 29.5. The number of terminal acetylenes is 1. The molecule has 1 aliphatic heterocycles. The van der Waals surface area contributed by atoms with E-state index < -0.39 is 16.5 Å². The molecular weight excluding hydrogens is 156 g/mol. The fraction of sp³-hybridized carbons (Fsp3) is 0.600. The van der Waals surface area contributed by atoms with E-state index in [1.807, 2.05) is 0 Å². The van der Waals surface area contributed by atoms with E-state index in [1.54, 1.807) is 0 Å². The number of rotatable bonds is 0. The van der Waals surface area contributed by atoms with Crippen molar-refractivity contribution in [1.82, 2.24) is 0 Å². The van der Waals surface area contributed by atoms with Crippen LogP contribution in [0.4, 0.5) is 0 Å². The SMILES string of the molecule is C#CC1CCOS(=O)(=O)O1. The van der Waals surface area contributed by atoms with Crippen molar-refractivity contribution in [2.75, 3.05) is 6.61 Å². The van der Waals surface area contributed by atoms with Crippen LogP contribution in [-0.2, 0) is 18.8 Å². The second-order valence-electron chi connectivity index (χ2n) is 1.77. The van der Waals surface area contributed by atoms with Gasteiger partial charge in [0.25, 0.3) is 0 Å². The van der Waals surface area contributed by atoms with Crippen molar-refractivity contribution in [1.29, 1.82) is 0 Å². The van der Waals surface area contributed by atoms with Gasteiger partial charge in [-0.1, -0.05) is 5.92 Å². The Morgan fingerprint density at radius 2 is 2.30 bits per heavy atom. The molecule has 1 rings (SSSR count). The molecule has 0 aromatic rings. The standard InChI is InChI=1S/C5H6O4S/c1-2-5-3-4-8-10(6,7)9-5/h1,5H,3-4H2. The molecule has 0 aromatic heterocycles. The van der Waals surface area contributed by atoms with Crippen molar-refractivity contribution in [3.63, 3.8) is 0 Å². The first-order valence-electron chi connectivity index (χ1n) is 2.68. The largest absolute Gasteiger partial charge is 0.401 e. The summed E-state index contributed by atoms with van der Waals surface area (Å²) in [5.41, 5.74) is 0. The molecular formula is C5H6O4S. The molecule has 1 unspecified atom stereocenters. The van der Waals surface area contributed by atoms with Crippen molar-refractivity contribution >= 4 is 10.4 Å². The first-order chi connectivity index (χ1) is 4.64. The zero-order chi connectivity index (χ0) is 7.61. The summed E-state index contributed by atoms with van der Waals surface area (Å²) >= 11 is 0. The van der Waals surface area contributed by atoms with E-state index in [-0.39, 0.29) is 6.61 Å². The second-order valence-corrected chi connectivity index (χ2v) is 3.02. The predicted octanol–water partition coefficient (Wildman–Crippen LogP) is -0.330. The predicted molar refractivity (Wildman–Crippen MR) is 33.2 cm³/mol. The van der Waals surface area contributed by atoms with E-state index in [0.717, 1.165) is 0 Å². The first kappa shape index (κ1) is 7.54. The highest BCUT2D eigenvalue weighted by atomic mass is 32.3. The minimum atomic E-state index is -3.79. The topological polar surface area (TPSA) is 52.6 Å². The van der Waals surface area contributed by atoms with Crippen LogP contribution in [0.3, 0.4) is 0 Å². The van der Waals surface area contributed by atoms with Crippen molar-refractivity contribution in [2.45, 2.75) is 12.5 Å². The lowest BCUT2D eigenvalue weighted by molar-refractivity contribution is 0.123. The van der Waals surface area contributed by atoms with Crippen molar-refractivity contribution in [3.8, 4) is 12.3 Å². The number of hydrogen-bond acceptors (Lipinski definition) is 4. The number of hydrogen-bond donors (Lipinski definition) is 0. The van der Waals surface area contributed by atoms with Gasteiger partial charge in [0, 0.05) is 6.42 Å². The first-order valence-corrected chi connectivity index (χ1v) is 4.01. The Morgan fingerprint density at radius 3 is 2.70 bits per heavy atom. The maximum absolute atomic E-state index is 10.5. The van der Waals surface area contributed by atoms with Crippen LogP contribution in [0.1, 0.15) is 6.42 Å². The quantitative estimate of drug-likeness (QED) is 0.458. The van der Waals surface area contributed by atoms with Crippen LogP contribution in [-0.4, -0.2) is 21.1 Å². The average molecular weight is 162 g/mol. The van der Waals surface area contributed by atoms with Crippen LogP contribution >= 0.6 is 0 Å². The van der Waals surface area contributed by atoms with Gasteiger partial charge in [-0.15, -0.1) is 6.42 Å². The van der Waals surface area contributed by atoms with Crippen LogP contribution in [0.5, 0.6) is 0 Å². The summed E-state index contributed by atoms with van der Waals surface area (Å²) in [4.78, 5) is 0. The van der Waals surface area contributed by atoms with Crippen LogP contribution in [0.2, 0.25) is 0 Å². The Hall–Kier alpha value is -0.570. The summed E-state index contributed by atoms with van der Waals surface area (Å²) in [6.45, 7) is 0.108. The lowest BCUT2D eigenvalue weighted by atomic mass is 10.3. The molecule has 1 saturated heterocycles. The lowest BCUT2D eigenvalue weighted by Crippen LogP contribution is -2.26. The van der Waals surface area contributed by atoms with Crippen LogP contribution < -0.4 is 0 Å². The third kappa shape index (κ3) is 1.70. The highest BCUT2D eigenvalue weighted by Gasteiger charge is 2.24. The maximum atomic E-state index is 10.5. The van der Waals surface area contributed by atoms with E-state index >= 15 is 0 Å². The molecule has 4 nitrogen and oxygen atoms in total. The molecule has 5 heteroatoms. The smallest absolute Gasteiger partial charge is 0.248 e. The molecule has 0 spiro atoms. The van der Waals surface area contributed by atoms with E-state index in [2.05, 4.69) is 14.3 Å². The molecule has 0 aromatic carbocycles. The van der Waals surface area contributed by atoms with E-state index in [0.29, 0.717) is 6.42 Å². The molecule has 0 amide bonds. The van der Waals surface area contributed by atoms with E-state index in [4.69, 9.17) is 6.42 Å². The zero-order valence-electron chi connectivity index (χ0n) is 5.11. The van der Waals surface area contributed by atoms with Gasteiger partial charge >= 0.3 is 10.4 Å². The highest BCUT2D eigenvalue weighted by molar-refractivity contribution is 7.81. The third-order valence-electron chi connectivity index (χ3n) is 1.03. The molecule has 10 heavy (non-hydrogen) atoms. The van der Waals surface area contributed by atoms with Crippen molar-refractivity contribution in [2.24, 2.45) is 0 Å². The average Bonchev–Trinajstić information content (AvgIpc) is 1.86. The molecule has 1 atom stereocenters. The summed E-state index contributed by atoms with van der Waals surface area (Å²) in [6, 6.07) is 0. The molecule has 1 fully saturated rings. The van der Waals surface area contributed by atoms with Gasteiger partial charge in [-0.25, -0.2) is 8.37 Å². The van der Waals surface area contributed by atoms with Gasteiger partial charge in [0.15, 0.2) is 0 Å². The summed E-state index contributed by atoms with van der Waals surface area (Å²) in [7, 11) is -3.79. The minimum Gasteiger partial charge on any atom is -0.248 e. The summed E-state index contributed by atoms with van der Waals surface area (Å²) in [5, 5.41) is 0. The monoisotopic (exact) mass is 162 g/mol. The normalized spacial score (nSPS) is 30.9. The van der Waals surface area contributed by atoms with Crippen molar-refractivity contribution in [3.05, 3.63) is 0 Å². The fourth-order valence-corrected chi connectivity index (χ4v) is 1.38. The molecule has 0 saturated carbocycles. The molecule has 56 valence electrons. The molecule has 0 N–H and O–H groups in total. The molecule has 1 heterocycles. The van der Waals surface area contributed by atoms with Crippen LogP contribution in [0.25, 0.3) is 0 Å². The van der Waals surface area contributed by atoms with Gasteiger partial charge in [-0.2, -0.15) is 8.42 Å². The molecule has 0 aliphatic carbocycles. The highest BCUT2D eigenvalue weighted by Crippen LogP contribution is 2.11. The van der Waals surface area contributed by atoms with Gasteiger partial charge in [0.05, 0.1) is 6.61 Å². The van der Waals surface area contributed by atoms with E-state index in [1.165, 1.54) is 0 Å². The Labute approximate surface area is 59.5 Å². The molecule has 0 radical (unpaired) electrons. The Bertz CT molecular complexity index is 247. The summed E-state index contributed by atoms with van der Waals surface area (Å²) in [6.07, 6.45) is 4.70. The Morgan fingerprint density at radius 1 is 1.60 bits per heavy atom. The van der Waals surface area contributed by atoms with Gasteiger partial charge in [0.1, 0.15) is 6.10 Å². The van der Waals surface area contributed by atoms with Gasteiger partial charge in [-0.3, -0.25) is 0 Å². The van der Waals surface area contributed by atoms with Crippen molar-refractivity contribution < 1.29 is 16.8 Å².